The summed E-state index contributed by atoms with van der Waals surface area (Å²) in [7, 11) is 0. The number of carbonyl (C=O) groups excluding carboxylic acids is 1. The second-order valence-corrected chi connectivity index (χ2v) is 8.40. The Balaban J connectivity index is 1.43. The normalized spacial score (nSPS) is 21.6. The van der Waals surface area contributed by atoms with Crippen molar-refractivity contribution in [1.29, 1.82) is 0 Å². The summed E-state index contributed by atoms with van der Waals surface area (Å²) >= 11 is 0. The van der Waals surface area contributed by atoms with E-state index < -0.39 is 36.7 Å². The molecule has 13 nitrogen and oxygen atoms in total. The number of carbonyl (C=O) groups is 1. The Morgan fingerprint density at radius 1 is 1.24 bits per heavy atom. The predicted octanol–water partition coefficient (Wildman–Crippen LogP) is 1.86. The van der Waals surface area contributed by atoms with E-state index in [0.717, 1.165) is 5.56 Å². The van der Waals surface area contributed by atoms with Gasteiger partial charge in [-0.2, -0.15) is 28.1 Å². The average Bonchev–Trinajstić information content (AvgIpc) is 3.57. The molecule has 0 aliphatic carbocycles. The molecule has 4 heterocycles. The van der Waals surface area contributed by atoms with Gasteiger partial charge >= 0.3 is 12.1 Å². The van der Waals surface area contributed by atoms with Crippen molar-refractivity contribution in [1.82, 2.24) is 29.7 Å². The lowest BCUT2D eigenvalue weighted by atomic mass is 10.1. The van der Waals surface area contributed by atoms with E-state index in [1.165, 1.54) is 17.8 Å². The van der Waals surface area contributed by atoms with Gasteiger partial charge < -0.3 is 30.2 Å². The summed E-state index contributed by atoms with van der Waals surface area (Å²) in [6.07, 6.45) is -9.98. The van der Waals surface area contributed by atoms with Gasteiger partial charge in [-0.15, -0.1) is 0 Å². The molecule has 1 saturated heterocycles. The first kappa shape index (κ1) is 25.3. The minimum Gasteiger partial charge on any atom is -0.449 e. The van der Waals surface area contributed by atoms with Crippen molar-refractivity contribution in [2.75, 3.05) is 17.6 Å². The van der Waals surface area contributed by atoms with Crippen LogP contribution in [0.1, 0.15) is 29.6 Å². The molecule has 1 aliphatic heterocycles. The molecule has 0 bridgehead atoms. The highest BCUT2D eigenvalue weighted by atomic mass is 19.4. The molecule has 4 aromatic rings. The third kappa shape index (κ3) is 4.95. The van der Waals surface area contributed by atoms with E-state index in [1.807, 2.05) is 30.3 Å². The van der Waals surface area contributed by atoms with Gasteiger partial charge in [0.05, 0.1) is 6.33 Å². The highest BCUT2D eigenvalue weighted by Gasteiger charge is 2.54. The standard InChI is InChI=1S/C22H21F3N8O5/c1-10-29-18(38-32-10)15-14(37-20(35)22(23,24)25)13(34)19(36-15)33-9-28-12-16(26)30-21(31-17(12)33)27-8-7-11-5-3-2-4-6-11/h2-6,9,13-15,19,34H,7-8H2,1H3,(H3,26,27,30,31)/t13-,14+,15+,19-/m1/s1. The van der Waals surface area contributed by atoms with E-state index in [1.54, 1.807) is 0 Å². The second-order valence-electron chi connectivity index (χ2n) is 8.40. The molecule has 16 heteroatoms. The minimum absolute atomic E-state index is 0.0209. The van der Waals surface area contributed by atoms with Crippen LogP contribution < -0.4 is 11.1 Å². The smallest absolute Gasteiger partial charge is 0.449 e. The number of nitrogen functional groups attached to an aromatic ring is 1. The molecule has 1 aliphatic rings. The highest BCUT2D eigenvalue weighted by Crippen LogP contribution is 2.42. The number of rotatable bonds is 7. The van der Waals surface area contributed by atoms with Crippen LogP contribution in [0.15, 0.2) is 41.2 Å². The van der Waals surface area contributed by atoms with Crippen LogP contribution in [-0.2, 0) is 20.7 Å². The molecule has 1 aromatic carbocycles. The van der Waals surface area contributed by atoms with E-state index >= 15 is 0 Å². The van der Waals surface area contributed by atoms with Crippen LogP contribution in [0.5, 0.6) is 0 Å². The number of nitrogens with zero attached hydrogens (tertiary/aromatic N) is 6. The van der Waals surface area contributed by atoms with E-state index in [-0.39, 0.29) is 34.6 Å². The summed E-state index contributed by atoms with van der Waals surface area (Å²) < 4.78 is 55.4. The first-order chi connectivity index (χ1) is 18.1. The Morgan fingerprint density at radius 3 is 2.68 bits per heavy atom. The lowest BCUT2D eigenvalue weighted by molar-refractivity contribution is -0.210. The van der Waals surface area contributed by atoms with Crippen molar-refractivity contribution in [2.45, 2.75) is 44.1 Å². The van der Waals surface area contributed by atoms with Gasteiger partial charge in [-0.05, 0) is 18.9 Å². The Bertz CT molecular complexity index is 1440. The number of aliphatic hydroxyl groups is 1. The van der Waals surface area contributed by atoms with Gasteiger partial charge in [0, 0.05) is 6.54 Å². The van der Waals surface area contributed by atoms with Crippen molar-refractivity contribution in [2.24, 2.45) is 0 Å². The molecule has 4 N–H and O–H groups in total. The number of imidazole rings is 1. The Morgan fingerprint density at radius 2 is 2.00 bits per heavy atom. The van der Waals surface area contributed by atoms with Crippen LogP contribution in [-0.4, -0.2) is 65.7 Å². The van der Waals surface area contributed by atoms with Crippen molar-refractivity contribution in [3.8, 4) is 0 Å². The number of aromatic nitrogens is 6. The van der Waals surface area contributed by atoms with Crippen molar-refractivity contribution >= 4 is 28.9 Å². The van der Waals surface area contributed by atoms with E-state index in [0.29, 0.717) is 13.0 Å². The number of anilines is 2. The number of hydrogen-bond acceptors (Lipinski definition) is 12. The molecule has 5 rings (SSSR count). The third-order valence-corrected chi connectivity index (χ3v) is 5.74. The molecule has 3 aromatic heterocycles. The number of aryl methyl sites for hydroxylation is 1. The van der Waals surface area contributed by atoms with Crippen LogP contribution >= 0.6 is 0 Å². The highest BCUT2D eigenvalue weighted by molar-refractivity contribution is 5.83. The summed E-state index contributed by atoms with van der Waals surface area (Å²) in [5.74, 6) is -2.47. The molecule has 200 valence electrons. The first-order valence-corrected chi connectivity index (χ1v) is 11.3. The number of esters is 1. The van der Waals surface area contributed by atoms with Gasteiger partial charge in [0.15, 0.2) is 35.7 Å². The van der Waals surface area contributed by atoms with Crippen molar-refractivity contribution < 1.29 is 37.1 Å². The van der Waals surface area contributed by atoms with E-state index in [2.05, 4.69) is 35.1 Å². The number of nitrogens with two attached hydrogens (primary N) is 1. The van der Waals surface area contributed by atoms with Crippen LogP contribution in [0.4, 0.5) is 24.9 Å². The number of benzene rings is 1. The zero-order valence-electron chi connectivity index (χ0n) is 19.7. The van der Waals surface area contributed by atoms with Crippen LogP contribution in [0.25, 0.3) is 11.2 Å². The topological polar surface area (TPSA) is 176 Å². The van der Waals surface area contributed by atoms with Gasteiger partial charge in [-0.1, -0.05) is 35.5 Å². The third-order valence-electron chi connectivity index (χ3n) is 5.74. The number of ether oxygens (including phenoxy) is 2. The number of hydrogen-bond donors (Lipinski definition) is 3. The fourth-order valence-corrected chi connectivity index (χ4v) is 4.00. The molecule has 1 fully saturated rings. The largest absolute Gasteiger partial charge is 0.490 e. The summed E-state index contributed by atoms with van der Waals surface area (Å²) in [6.45, 7) is 1.95. The fraction of sp³-hybridized carbons (Fsp3) is 0.364. The summed E-state index contributed by atoms with van der Waals surface area (Å²) in [4.78, 5) is 28.3. The Labute approximate surface area is 211 Å². The van der Waals surface area contributed by atoms with Gasteiger partial charge in [0.25, 0.3) is 5.89 Å². The number of halogens is 3. The summed E-state index contributed by atoms with van der Waals surface area (Å²) in [6, 6.07) is 9.69. The quantitative estimate of drug-likeness (QED) is 0.294. The summed E-state index contributed by atoms with van der Waals surface area (Å²) in [5, 5.41) is 17.6. The molecular weight excluding hydrogens is 513 g/mol. The molecule has 0 radical (unpaired) electrons. The fourth-order valence-electron chi connectivity index (χ4n) is 4.00. The van der Waals surface area contributed by atoms with Crippen molar-refractivity contribution in [3.63, 3.8) is 0 Å². The summed E-state index contributed by atoms with van der Waals surface area (Å²) in [5.41, 5.74) is 7.42. The molecule has 0 amide bonds. The van der Waals surface area contributed by atoms with Gasteiger partial charge in [0.2, 0.25) is 5.95 Å². The Hall–Kier alpha value is -4.31. The average molecular weight is 534 g/mol. The first-order valence-electron chi connectivity index (χ1n) is 11.3. The maximum Gasteiger partial charge on any atom is 0.490 e. The number of alkyl halides is 3. The number of fused-ring (bicyclic) bond motifs is 1. The monoisotopic (exact) mass is 534 g/mol. The van der Waals surface area contributed by atoms with E-state index in [4.69, 9.17) is 15.0 Å². The maximum absolute atomic E-state index is 12.9. The lowest BCUT2D eigenvalue weighted by Gasteiger charge is -2.20. The zero-order chi connectivity index (χ0) is 27.0. The van der Waals surface area contributed by atoms with Crippen LogP contribution in [0.3, 0.4) is 0 Å². The predicted molar refractivity (Wildman–Crippen MR) is 122 cm³/mol. The Kier molecular flexibility index (Phi) is 6.58. The van der Waals surface area contributed by atoms with Crippen LogP contribution in [0, 0.1) is 6.92 Å². The maximum atomic E-state index is 12.9. The molecule has 0 unspecified atom stereocenters. The second kappa shape index (κ2) is 9.86. The van der Waals surface area contributed by atoms with Gasteiger partial charge in [0.1, 0.15) is 11.6 Å². The number of nitrogens with one attached hydrogen (secondary N) is 1. The SMILES string of the molecule is Cc1noc([C@H]2O[C@@H](n3cnc4c(N)nc(NCCc5ccccc5)nc43)[C@H](O)[C@@H]2OC(=O)C(F)(F)F)n1. The minimum atomic E-state index is -5.31. The van der Waals surface area contributed by atoms with E-state index in [9.17, 15) is 23.1 Å². The zero-order valence-corrected chi connectivity index (χ0v) is 19.7. The molecule has 0 spiro atoms. The van der Waals surface area contributed by atoms with Gasteiger partial charge in [-0.3, -0.25) is 4.57 Å². The lowest BCUT2D eigenvalue weighted by Crippen LogP contribution is -2.38. The van der Waals surface area contributed by atoms with Crippen molar-refractivity contribution in [3.05, 3.63) is 53.9 Å². The number of aliphatic hydroxyl groups excluding tert-OH is 1. The molecular formula is C22H21F3N8O5. The molecule has 38 heavy (non-hydrogen) atoms. The molecule has 0 saturated carbocycles. The van der Waals surface area contributed by atoms with Gasteiger partial charge in [-0.25, -0.2) is 9.78 Å². The van der Waals surface area contributed by atoms with Crippen LogP contribution in [0.2, 0.25) is 0 Å². The molecule has 4 atom stereocenters.